The van der Waals surface area contributed by atoms with E-state index in [1.54, 1.807) is 0 Å². The molecule has 7 rings (SSSR count). The number of benzene rings is 3. The molecule has 176 valence electrons. The van der Waals surface area contributed by atoms with Gasteiger partial charge >= 0.3 is 0 Å². The van der Waals surface area contributed by atoms with Crippen LogP contribution in [0.2, 0.25) is 0 Å². The molecule has 1 amide bonds. The number of hydrogen-bond donors (Lipinski definition) is 2. The average molecular weight is 454 g/mol. The minimum Gasteiger partial charge on any atom is -0.350 e. The van der Waals surface area contributed by atoms with Gasteiger partial charge in [0.15, 0.2) is 0 Å². The molecule has 4 nitrogen and oxygen atoms in total. The van der Waals surface area contributed by atoms with Gasteiger partial charge in [-0.15, -0.1) is 0 Å². The molecule has 0 unspecified atom stereocenters. The van der Waals surface area contributed by atoms with E-state index in [9.17, 15) is 4.79 Å². The summed E-state index contributed by atoms with van der Waals surface area (Å²) in [6.07, 6.45) is 3.16. The van der Waals surface area contributed by atoms with Crippen molar-refractivity contribution in [2.45, 2.75) is 50.9 Å². The standard InChI is InChI=1S/C30H35N3O/c1-2-9-27-28-26-18-32-30(27,29(34)31-17-21-10-4-3-5-11-21)16-24(26)20-33(28)19-23-14-8-13-22-12-6-7-15-25(22)23/h3-8,10-15,24,26-28,32H,2,9,16-20H2,1H3,(H,31,34)/t24-,26-,27+,28+,30+/m1/s1. The Morgan fingerprint density at radius 1 is 1.06 bits per heavy atom. The highest BCUT2D eigenvalue weighted by Gasteiger charge is 2.64. The Morgan fingerprint density at radius 2 is 1.85 bits per heavy atom. The van der Waals surface area contributed by atoms with Gasteiger partial charge in [-0.05, 0) is 46.6 Å². The van der Waals surface area contributed by atoms with Crippen LogP contribution in [0, 0.1) is 17.8 Å². The molecule has 3 aromatic carbocycles. The second-order valence-electron chi connectivity index (χ2n) is 10.6. The average Bonchev–Trinajstić information content (AvgIpc) is 3.18. The number of amides is 1. The van der Waals surface area contributed by atoms with Crippen LogP contribution in [0.5, 0.6) is 0 Å². The lowest BCUT2D eigenvalue weighted by atomic mass is 9.58. The molecule has 4 bridgehead atoms. The minimum absolute atomic E-state index is 0.204. The van der Waals surface area contributed by atoms with Crippen molar-refractivity contribution in [1.29, 1.82) is 0 Å². The lowest BCUT2D eigenvalue weighted by molar-refractivity contribution is -0.139. The van der Waals surface area contributed by atoms with Crippen molar-refractivity contribution in [3.05, 3.63) is 83.9 Å². The largest absolute Gasteiger partial charge is 0.350 e. The van der Waals surface area contributed by atoms with Crippen molar-refractivity contribution in [2.24, 2.45) is 17.8 Å². The molecular weight excluding hydrogens is 418 g/mol. The topological polar surface area (TPSA) is 44.4 Å². The van der Waals surface area contributed by atoms with Crippen LogP contribution in [-0.4, -0.2) is 35.5 Å². The molecule has 5 atom stereocenters. The summed E-state index contributed by atoms with van der Waals surface area (Å²) in [6, 6.07) is 26.2. The molecule has 4 heteroatoms. The fourth-order valence-electron chi connectivity index (χ4n) is 7.35. The zero-order chi connectivity index (χ0) is 23.1. The zero-order valence-electron chi connectivity index (χ0n) is 20.0. The molecule has 3 aromatic rings. The van der Waals surface area contributed by atoms with E-state index in [-0.39, 0.29) is 5.91 Å². The van der Waals surface area contributed by atoms with Gasteiger partial charge in [-0.1, -0.05) is 86.1 Å². The molecule has 4 aliphatic rings. The van der Waals surface area contributed by atoms with Crippen molar-refractivity contribution in [1.82, 2.24) is 15.5 Å². The first-order valence-corrected chi connectivity index (χ1v) is 13.0. The number of fused-ring (bicyclic) bond motifs is 2. The summed E-state index contributed by atoms with van der Waals surface area (Å²) in [5.41, 5.74) is 2.12. The molecule has 0 aromatic heterocycles. The summed E-state index contributed by atoms with van der Waals surface area (Å²) >= 11 is 0. The summed E-state index contributed by atoms with van der Waals surface area (Å²) in [7, 11) is 0. The van der Waals surface area contributed by atoms with Crippen LogP contribution in [0.3, 0.4) is 0 Å². The normalized spacial score (nSPS) is 30.0. The first kappa shape index (κ1) is 21.8. The van der Waals surface area contributed by atoms with Gasteiger partial charge in [0.2, 0.25) is 5.91 Å². The maximum atomic E-state index is 13.8. The zero-order valence-corrected chi connectivity index (χ0v) is 20.0. The third-order valence-corrected chi connectivity index (χ3v) is 8.77. The number of piperidine rings is 2. The first-order valence-electron chi connectivity index (χ1n) is 13.0. The number of likely N-dealkylation sites (tertiary alicyclic amines) is 1. The van der Waals surface area contributed by atoms with Gasteiger partial charge in [-0.3, -0.25) is 9.69 Å². The Kier molecular flexibility index (Phi) is 5.66. The van der Waals surface area contributed by atoms with Crippen molar-refractivity contribution >= 4 is 16.7 Å². The van der Waals surface area contributed by atoms with Crippen molar-refractivity contribution in [3.63, 3.8) is 0 Å². The molecule has 0 spiro atoms. The van der Waals surface area contributed by atoms with Gasteiger partial charge in [-0.2, -0.15) is 0 Å². The number of carbonyl (C=O) groups is 1. The van der Waals surface area contributed by atoms with Gasteiger partial charge in [0.25, 0.3) is 0 Å². The minimum atomic E-state index is -0.442. The highest BCUT2D eigenvalue weighted by atomic mass is 16.2. The van der Waals surface area contributed by atoms with Gasteiger partial charge in [0, 0.05) is 38.1 Å². The maximum absolute atomic E-state index is 13.8. The molecule has 4 fully saturated rings. The van der Waals surface area contributed by atoms with Crippen molar-refractivity contribution < 1.29 is 4.79 Å². The molecule has 3 aliphatic heterocycles. The van der Waals surface area contributed by atoms with Gasteiger partial charge < -0.3 is 10.6 Å². The second kappa shape index (κ2) is 8.83. The van der Waals surface area contributed by atoms with Crippen LogP contribution in [0.15, 0.2) is 72.8 Å². The highest BCUT2D eigenvalue weighted by molar-refractivity contribution is 5.88. The Balaban J connectivity index is 1.28. The van der Waals surface area contributed by atoms with E-state index >= 15 is 0 Å². The molecule has 1 aliphatic carbocycles. The smallest absolute Gasteiger partial charge is 0.240 e. The fourth-order valence-corrected chi connectivity index (χ4v) is 7.35. The van der Waals surface area contributed by atoms with Crippen LogP contribution in [-0.2, 0) is 17.9 Å². The SMILES string of the molecule is CCC[C@H]1[C@@H]2[C@@H]3CN[C@@]1(C(=O)NCc1ccccc1)C[C@@H]3CN2Cc1cccc2ccccc12. The van der Waals surface area contributed by atoms with E-state index in [4.69, 9.17) is 0 Å². The van der Waals surface area contributed by atoms with Gasteiger partial charge in [0.1, 0.15) is 5.54 Å². The van der Waals surface area contributed by atoms with Crippen LogP contribution in [0.1, 0.15) is 37.3 Å². The predicted octanol–water partition coefficient (Wildman–Crippen LogP) is 4.73. The molecule has 1 saturated carbocycles. The molecule has 0 radical (unpaired) electrons. The molecule has 34 heavy (non-hydrogen) atoms. The van der Waals surface area contributed by atoms with E-state index in [1.807, 2.05) is 18.2 Å². The van der Waals surface area contributed by atoms with Gasteiger partial charge in [-0.25, -0.2) is 0 Å². The summed E-state index contributed by atoms with van der Waals surface area (Å²) in [6.45, 7) is 5.90. The Bertz CT molecular complexity index is 1170. The fraction of sp³-hybridized carbons (Fsp3) is 0.433. The van der Waals surface area contributed by atoms with E-state index in [0.29, 0.717) is 30.3 Å². The quantitative estimate of drug-likeness (QED) is 0.543. The van der Waals surface area contributed by atoms with E-state index in [1.165, 1.54) is 16.3 Å². The summed E-state index contributed by atoms with van der Waals surface area (Å²) in [5.74, 6) is 1.79. The predicted molar refractivity (Wildman–Crippen MR) is 137 cm³/mol. The number of hydrogen-bond acceptors (Lipinski definition) is 3. The Labute approximate surface area is 202 Å². The van der Waals surface area contributed by atoms with Gasteiger partial charge in [0.05, 0.1) is 0 Å². The van der Waals surface area contributed by atoms with Crippen LogP contribution in [0.25, 0.3) is 10.8 Å². The molecule has 3 heterocycles. The number of nitrogens with one attached hydrogen (secondary N) is 2. The Hall–Kier alpha value is -2.69. The monoisotopic (exact) mass is 453 g/mol. The Morgan fingerprint density at radius 3 is 2.71 bits per heavy atom. The first-order chi connectivity index (χ1) is 16.7. The van der Waals surface area contributed by atoms with E-state index < -0.39 is 5.54 Å². The summed E-state index contributed by atoms with van der Waals surface area (Å²) in [5, 5.41) is 9.76. The summed E-state index contributed by atoms with van der Waals surface area (Å²) in [4.78, 5) is 16.5. The lowest BCUT2D eigenvalue weighted by Crippen LogP contribution is -2.73. The van der Waals surface area contributed by atoms with Crippen LogP contribution < -0.4 is 10.6 Å². The highest BCUT2D eigenvalue weighted by Crippen LogP contribution is 2.53. The van der Waals surface area contributed by atoms with Crippen molar-refractivity contribution in [3.8, 4) is 0 Å². The van der Waals surface area contributed by atoms with E-state index in [2.05, 4.69) is 77.1 Å². The maximum Gasteiger partial charge on any atom is 0.240 e. The molecule has 3 saturated heterocycles. The summed E-state index contributed by atoms with van der Waals surface area (Å²) < 4.78 is 0. The molecular formula is C30H35N3O. The molecule has 2 N–H and O–H groups in total. The third-order valence-electron chi connectivity index (χ3n) is 8.77. The second-order valence-corrected chi connectivity index (χ2v) is 10.6. The van der Waals surface area contributed by atoms with Crippen LogP contribution >= 0.6 is 0 Å². The number of carbonyl (C=O) groups excluding carboxylic acids is 1. The van der Waals surface area contributed by atoms with E-state index in [0.717, 1.165) is 44.5 Å². The van der Waals surface area contributed by atoms with Crippen LogP contribution in [0.4, 0.5) is 0 Å². The lowest BCUT2D eigenvalue weighted by Gasteiger charge is -2.56. The number of rotatable bonds is 7. The number of nitrogens with zero attached hydrogens (tertiary/aromatic N) is 1. The van der Waals surface area contributed by atoms with Crippen molar-refractivity contribution in [2.75, 3.05) is 13.1 Å². The third kappa shape index (κ3) is 3.55.